The fourth-order valence-corrected chi connectivity index (χ4v) is 2.76. The van der Waals surface area contributed by atoms with E-state index in [2.05, 4.69) is 5.32 Å². The van der Waals surface area contributed by atoms with Crippen LogP contribution in [-0.2, 0) is 4.79 Å². The molecular weight excluding hydrogens is 376 g/mol. The molecule has 0 aliphatic heterocycles. The van der Waals surface area contributed by atoms with Gasteiger partial charge in [-0.05, 0) is 12.1 Å². The number of hydrogen-bond donors (Lipinski definition) is 2. The zero-order valence-electron chi connectivity index (χ0n) is 12.3. The van der Waals surface area contributed by atoms with E-state index in [4.69, 9.17) is 11.6 Å². The van der Waals surface area contributed by atoms with Crippen LogP contribution in [0, 0.1) is 5.92 Å². The van der Waals surface area contributed by atoms with Crippen LogP contribution in [-0.4, -0.2) is 33.8 Å². The first kappa shape index (κ1) is 19.6. The second-order valence-electron chi connectivity index (χ2n) is 5.65. The average molecular weight is 388 g/mol. The number of halogens is 7. The normalized spacial score (nSPS) is 30.2. The van der Waals surface area contributed by atoms with Crippen LogP contribution in [0.5, 0.6) is 0 Å². The van der Waals surface area contributed by atoms with E-state index in [1.807, 2.05) is 0 Å². The third-order valence-electron chi connectivity index (χ3n) is 3.88. The number of amides is 1. The number of benzene rings is 1. The summed E-state index contributed by atoms with van der Waals surface area (Å²) in [7, 11) is 0. The van der Waals surface area contributed by atoms with E-state index in [9.17, 15) is 36.2 Å². The summed E-state index contributed by atoms with van der Waals surface area (Å²) < 4.78 is 78.9. The van der Waals surface area contributed by atoms with E-state index in [1.165, 1.54) is 24.3 Å². The molecule has 1 amide bonds. The molecule has 3 unspecified atom stereocenters. The standard InChI is InChI=1S/C15H12ClF6NO2/c16-12(14(17,18)19)7-6-10(13(25,8-12)15(20,21)22)11(24)23-9-4-2-1-3-5-9/h1-7,10,25H,8H2,(H,23,24). The van der Waals surface area contributed by atoms with Crippen LogP contribution in [0.15, 0.2) is 42.5 Å². The van der Waals surface area contributed by atoms with Gasteiger partial charge < -0.3 is 10.4 Å². The fraction of sp³-hybridized carbons (Fsp3) is 0.400. The molecule has 25 heavy (non-hydrogen) atoms. The Bertz CT molecular complexity index is 675. The van der Waals surface area contributed by atoms with E-state index in [-0.39, 0.29) is 11.8 Å². The first-order valence-electron chi connectivity index (χ1n) is 6.90. The van der Waals surface area contributed by atoms with Gasteiger partial charge in [-0.2, -0.15) is 26.3 Å². The molecule has 0 radical (unpaired) electrons. The van der Waals surface area contributed by atoms with Gasteiger partial charge in [-0.3, -0.25) is 4.79 Å². The maximum atomic E-state index is 13.3. The van der Waals surface area contributed by atoms with Crippen molar-refractivity contribution in [1.82, 2.24) is 0 Å². The molecular formula is C15H12ClF6NO2. The molecule has 0 saturated carbocycles. The van der Waals surface area contributed by atoms with Crippen LogP contribution in [0.2, 0.25) is 0 Å². The van der Waals surface area contributed by atoms with E-state index < -0.39 is 41.1 Å². The molecule has 0 bridgehead atoms. The van der Waals surface area contributed by atoms with Crippen molar-refractivity contribution in [2.45, 2.75) is 29.2 Å². The van der Waals surface area contributed by atoms with Crippen molar-refractivity contribution in [3.63, 3.8) is 0 Å². The molecule has 1 aromatic rings. The SMILES string of the molecule is O=C(Nc1ccccc1)C1C=CC(Cl)(C(F)(F)F)CC1(O)C(F)(F)F. The van der Waals surface area contributed by atoms with Crippen LogP contribution in [0.3, 0.4) is 0 Å². The molecule has 0 spiro atoms. The highest BCUT2D eigenvalue weighted by Crippen LogP contribution is 2.53. The summed E-state index contributed by atoms with van der Waals surface area (Å²) in [4.78, 5) is 8.71. The lowest BCUT2D eigenvalue weighted by Gasteiger charge is -2.43. The quantitative estimate of drug-likeness (QED) is 0.457. The zero-order valence-corrected chi connectivity index (χ0v) is 13.1. The van der Waals surface area contributed by atoms with E-state index >= 15 is 0 Å². The lowest BCUT2D eigenvalue weighted by molar-refractivity contribution is -0.285. The Morgan fingerprint density at radius 1 is 1.12 bits per heavy atom. The van der Waals surface area contributed by atoms with Crippen molar-refractivity contribution >= 4 is 23.2 Å². The van der Waals surface area contributed by atoms with E-state index in [1.54, 1.807) is 6.07 Å². The molecule has 10 heteroatoms. The number of anilines is 1. The lowest BCUT2D eigenvalue weighted by atomic mass is 9.73. The van der Waals surface area contributed by atoms with Gasteiger partial charge in [0, 0.05) is 12.1 Å². The lowest BCUT2D eigenvalue weighted by Crippen LogP contribution is -2.61. The minimum Gasteiger partial charge on any atom is -0.379 e. The summed E-state index contributed by atoms with van der Waals surface area (Å²) in [5.74, 6) is -3.59. The van der Waals surface area contributed by atoms with Gasteiger partial charge in [0.05, 0.1) is 5.92 Å². The number of allylic oxidation sites excluding steroid dienone is 1. The van der Waals surface area contributed by atoms with Gasteiger partial charge in [-0.1, -0.05) is 30.4 Å². The second-order valence-corrected chi connectivity index (χ2v) is 6.33. The Labute approximate surface area is 143 Å². The zero-order chi connectivity index (χ0) is 19.1. The molecule has 0 saturated heterocycles. The predicted octanol–water partition coefficient (Wildman–Crippen LogP) is 4.03. The third-order valence-corrected chi connectivity index (χ3v) is 4.35. The molecule has 2 N–H and O–H groups in total. The monoisotopic (exact) mass is 387 g/mol. The first-order valence-corrected chi connectivity index (χ1v) is 7.28. The Morgan fingerprint density at radius 2 is 1.68 bits per heavy atom. The van der Waals surface area contributed by atoms with Crippen molar-refractivity contribution in [3.8, 4) is 0 Å². The van der Waals surface area contributed by atoms with Crippen LogP contribution in [0.1, 0.15) is 6.42 Å². The van der Waals surface area contributed by atoms with Crippen LogP contribution < -0.4 is 5.32 Å². The van der Waals surface area contributed by atoms with E-state index in [0.29, 0.717) is 6.08 Å². The van der Waals surface area contributed by atoms with Crippen molar-refractivity contribution in [2.75, 3.05) is 5.32 Å². The number of para-hydroxylation sites is 1. The summed E-state index contributed by atoms with van der Waals surface area (Å²) in [6, 6.07) is 7.33. The molecule has 1 aliphatic rings. The second kappa shape index (κ2) is 6.21. The molecule has 0 aromatic heterocycles. The van der Waals surface area contributed by atoms with Gasteiger partial charge in [0.25, 0.3) is 0 Å². The van der Waals surface area contributed by atoms with Gasteiger partial charge in [0.15, 0.2) is 10.5 Å². The summed E-state index contributed by atoms with van der Waals surface area (Å²) in [5.41, 5.74) is -3.85. The maximum absolute atomic E-state index is 13.3. The summed E-state index contributed by atoms with van der Waals surface area (Å²) in [5, 5.41) is 12.1. The number of rotatable bonds is 2. The van der Waals surface area contributed by atoms with Gasteiger partial charge in [0.2, 0.25) is 5.91 Å². The topological polar surface area (TPSA) is 49.3 Å². The Balaban J connectivity index is 2.41. The average Bonchev–Trinajstić information content (AvgIpc) is 2.45. The number of hydrogen-bond acceptors (Lipinski definition) is 2. The highest BCUT2D eigenvalue weighted by Gasteiger charge is 2.68. The largest absolute Gasteiger partial charge is 0.418 e. The minimum atomic E-state index is -5.51. The molecule has 3 nitrogen and oxygen atoms in total. The molecule has 0 fully saturated rings. The molecule has 0 heterocycles. The van der Waals surface area contributed by atoms with Crippen molar-refractivity contribution < 1.29 is 36.2 Å². The summed E-state index contributed by atoms with van der Waals surface area (Å²) in [6.07, 6.45) is -12.1. The molecule has 3 atom stereocenters. The van der Waals surface area contributed by atoms with E-state index in [0.717, 1.165) is 0 Å². The van der Waals surface area contributed by atoms with Crippen molar-refractivity contribution in [1.29, 1.82) is 0 Å². The van der Waals surface area contributed by atoms with Crippen molar-refractivity contribution in [3.05, 3.63) is 42.5 Å². The molecule has 1 aromatic carbocycles. The molecule has 138 valence electrons. The number of carbonyl (C=O) groups is 1. The number of nitrogens with one attached hydrogen (secondary N) is 1. The van der Waals surface area contributed by atoms with Gasteiger partial charge in [-0.25, -0.2) is 0 Å². The smallest absolute Gasteiger partial charge is 0.379 e. The molecule has 2 rings (SSSR count). The van der Waals surface area contributed by atoms with Crippen LogP contribution in [0.4, 0.5) is 32.0 Å². The number of aliphatic hydroxyl groups is 1. The van der Waals surface area contributed by atoms with Gasteiger partial charge >= 0.3 is 12.4 Å². The predicted molar refractivity (Wildman–Crippen MR) is 78.0 cm³/mol. The minimum absolute atomic E-state index is 0.129. The Morgan fingerprint density at radius 3 is 2.16 bits per heavy atom. The van der Waals surface area contributed by atoms with Crippen LogP contribution in [0.25, 0.3) is 0 Å². The third kappa shape index (κ3) is 3.62. The fourth-order valence-electron chi connectivity index (χ4n) is 2.49. The van der Waals surface area contributed by atoms with Crippen LogP contribution >= 0.6 is 11.6 Å². The van der Waals surface area contributed by atoms with Crippen molar-refractivity contribution in [2.24, 2.45) is 5.92 Å². The first-order chi connectivity index (χ1) is 11.3. The van der Waals surface area contributed by atoms with Gasteiger partial charge in [-0.15, -0.1) is 11.6 Å². The van der Waals surface area contributed by atoms with Gasteiger partial charge in [0.1, 0.15) is 0 Å². The highest BCUT2D eigenvalue weighted by molar-refractivity contribution is 6.26. The Kier molecular flexibility index (Phi) is 4.86. The Hall–Kier alpha value is -1.74. The highest BCUT2D eigenvalue weighted by atomic mass is 35.5. The maximum Gasteiger partial charge on any atom is 0.418 e. The number of carbonyl (C=O) groups excluding carboxylic acids is 1. The summed E-state index contributed by atoms with van der Waals surface area (Å²) >= 11 is 5.27. The summed E-state index contributed by atoms with van der Waals surface area (Å²) in [6.45, 7) is 0. The molecule has 1 aliphatic carbocycles. The number of alkyl halides is 7.